The molecule has 1 aromatic rings. The number of oxime groups is 1. The molecule has 0 heterocycles. The van der Waals surface area contributed by atoms with Gasteiger partial charge in [-0.1, -0.05) is 23.4 Å². The van der Waals surface area contributed by atoms with E-state index >= 15 is 0 Å². The SMILES string of the molecule is Cc1cccc(C)c1C(=O)N(C)C/C(N)=N/O. The maximum absolute atomic E-state index is 12.2. The van der Waals surface area contributed by atoms with Gasteiger partial charge in [0.05, 0.1) is 6.54 Å². The first-order chi connectivity index (χ1) is 7.97. The molecule has 0 atom stereocenters. The van der Waals surface area contributed by atoms with Crippen LogP contribution < -0.4 is 5.73 Å². The normalized spacial score (nSPS) is 11.4. The molecule has 1 rings (SSSR count). The molecule has 1 amide bonds. The number of likely N-dealkylation sites (N-methyl/N-ethyl adjacent to an activating group) is 1. The van der Waals surface area contributed by atoms with Gasteiger partial charge in [0.2, 0.25) is 0 Å². The van der Waals surface area contributed by atoms with Crippen LogP contribution in [0.3, 0.4) is 0 Å². The van der Waals surface area contributed by atoms with E-state index in [2.05, 4.69) is 5.16 Å². The second-order valence-electron chi connectivity index (χ2n) is 4.02. The fourth-order valence-electron chi connectivity index (χ4n) is 1.69. The highest BCUT2D eigenvalue weighted by Crippen LogP contribution is 2.15. The number of hydrogen-bond donors (Lipinski definition) is 2. The first-order valence-corrected chi connectivity index (χ1v) is 5.25. The summed E-state index contributed by atoms with van der Waals surface area (Å²) in [6, 6.07) is 5.68. The average Bonchev–Trinajstić information content (AvgIpc) is 2.28. The van der Waals surface area contributed by atoms with E-state index in [1.807, 2.05) is 32.0 Å². The van der Waals surface area contributed by atoms with E-state index in [4.69, 9.17) is 10.9 Å². The van der Waals surface area contributed by atoms with Gasteiger partial charge in [-0.2, -0.15) is 0 Å². The molecule has 0 fully saturated rings. The van der Waals surface area contributed by atoms with Gasteiger partial charge in [0.15, 0.2) is 5.84 Å². The van der Waals surface area contributed by atoms with Gasteiger partial charge in [-0.05, 0) is 25.0 Å². The molecular formula is C12H17N3O2. The number of amides is 1. The van der Waals surface area contributed by atoms with Crippen LogP contribution in [0.15, 0.2) is 23.4 Å². The lowest BCUT2D eigenvalue weighted by Crippen LogP contribution is -2.36. The highest BCUT2D eigenvalue weighted by molar-refractivity contribution is 5.99. The minimum absolute atomic E-state index is 0.00656. The van der Waals surface area contributed by atoms with Crippen molar-refractivity contribution >= 4 is 11.7 Å². The van der Waals surface area contributed by atoms with Gasteiger partial charge in [0.25, 0.3) is 5.91 Å². The van der Waals surface area contributed by atoms with Crippen molar-refractivity contribution in [1.82, 2.24) is 4.90 Å². The Labute approximate surface area is 101 Å². The van der Waals surface area contributed by atoms with Crippen molar-refractivity contribution in [2.45, 2.75) is 13.8 Å². The molecule has 0 aliphatic carbocycles. The molecule has 5 heteroatoms. The van der Waals surface area contributed by atoms with E-state index in [0.717, 1.165) is 11.1 Å². The average molecular weight is 235 g/mol. The molecule has 5 nitrogen and oxygen atoms in total. The maximum Gasteiger partial charge on any atom is 0.254 e. The number of hydrogen-bond acceptors (Lipinski definition) is 3. The van der Waals surface area contributed by atoms with Crippen LogP contribution in [0.2, 0.25) is 0 Å². The summed E-state index contributed by atoms with van der Waals surface area (Å²) >= 11 is 0. The molecule has 0 aromatic heterocycles. The molecule has 0 aliphatic heterocycles. The summed E-state index contributed by atoms with van der Waals surface area (Å²) in [5.74, 6) is -0.126. The third kappa shape index (κ3) is 2.96. The van der Waals surface area contributed by atoms with Gasteiger partial charge in [-0.3, -0.25) is 4.79 Å². The van der Waals surface area contributed by atoms with Gasteiger partial charge >= 0.3 is 0 Å². The highest BCUT2D eigenvalue weighted by atomic mass is 16.4. The van der Waals surface area contributed by atoms with Crippen molar-refractivity contribution in [2.75, 3.05) is 13.6 Å². The molecule has 0 aliphatic rings. The van der Waals surface area contributed by atoms with Crippen LogP contribution in [0, 0.1) is 13.8 Å². The molecule has 92 valence electrons. The minimum atomic E-state index is -0.132. The number of rotatable bonds is 3. The summed E-state index contributed by atoms with van der Waals surface area (Å²) in [6.07, 6.45) is 0. The third-order valence-corrected chi connectivity index (χ3v) is 2.57. The van der Waals surface area contributed by atoms with Gasteiger partial charge in [-0.25, -0.2) is 0 Å². The third-order valence-electron chi connectivity index (χ3n) is 2.57. The van der Waals surface area contributed by atoms with E-state index in [1.54, 1.807) is 7.05 Å². The number of nitrogens with zero attached hydrogens (tertiary/aromatic N) is 2. The number of aryl methyl sites for hydroxylation is 2. The zero-order valence-electron chi connectivity index (χ0n) is 10.3. The Kier molecular flexibility index (Phi) is 4.09. The Hall–Kier alpha value is -2.04. The predicted molar refractivity (Wildman–Crippen MR) is 66.3 cm³/mol. The van der Waals surface area contributed by atoms with Crippen LogP contribution in [0.25, 0.3) is 0 Å². The van der Waals surface area contributed by atoms with Crippen LogP contribution in [0.5, 0.6) is 0 Å². The number of nitrogens with two attached hydrogens (primary N) is 1. The molecule has 0 saturated carbocycles. The van der Waals surface area contributed by atoms with Crippen LogP contribution in [0.1, 0.15) is 21.5 Å². The second-order valence-corrected chi connectivity index (χ2v) is 4.02. The van der Waals surface area contributed by atoms with Crippen molar-refractivity contribution in [2.24, 2.45) is 10.9 Å². The second kappa shape index (κ2) is 5.34. The maximum atomic E-state index is 12.2. The summed E-state index contributed by atoms with van der Waals surface area (Å²) in [5, 5.41) is 11.3. The number of benzene rings is 1. The van der Waals surface area contributed by atoms with E-state index < -0.39 is 0 Å². The predicted octanol–water partition coefficient (Wildman–Crippen LogP) is 1.12. The summed E-state index contributed by atoms with van der Waals surface area (Å²) < 4.78 is 0. The van der Waals surface area contributed by atoms with E-state index in [-0.39, 0.29) is 18.3 Å². The van der Waals surface area contributed by atoms with E-state index in [1.165, 1.54) is 4.90 Å². The minimum Gasteiger partial charge on any atom is -0.409 e. The molecule has 1 aromatic carbocycles. The Morgan fingerprint density at radius 3 is 2.41 bits per heavy atom. The fraction of sp³-hybridized carbons (Fsp3) is 0.333. The molecule has 0 spiro atoms. The van der Waals surface area contributed by atoms with Crippen molar-refractivity contribution < 1.29 is 10.0 Å². The summed E-state index contributed by atoms with van der Waals surface area (Å²) in [7, 11) is 1.62. The van der Waals surface area contributed by atoms with Gasteiger partial charge in [-0.15, -0.1) is 0 Å². The van der Waals surface area contributed by atoms with Crippen LogP contribution in [0.4, 0.5) is 0 Å². The summed E-state index contributed by atoms with van der Waals surface area (Å²) in [6.45, 7) is 3.87. The zero-order valence-corrected chi connectivity index (χ0v) is 10.3. The quantitative estimate of drug-likeness (QED) is 0.356. The van der Waals surface area contributed by atoms with Crippen LogP contribution >= 0.6 is 0 Å². The Balaban J connectivity index is 2.97. The molecular weight excluding hydrogens is 218 g/mol. The standard InChI is InChI=1S/C12H17N3O2/c1-8-5-4-6-9(2)11(8)12(16)15(3)7-10(13)14-17/h4-6,17H,7H2,1-3H3,(H2,13,14). The lowest BCUT2D eigenvalue weighted by molar-refractivity contribution is 0.0812. The monoisotopic (exact) mass is 235 g/mol. The first kappa shape index (κ1) is 13.0. The van der Waals surface area contributed by atoms with E-state index in [0.29, 0.717) is 5.56 Å². The van der Waals surface area contributed by atoms with Crippen LogP contribution in [-0.2, 0) is 0 Å². The van der Waals surface area contributed by atoms with Crippen molar-refractivity contribution in [3.8, 4) is 0 Å². The number of carbonyl (C=O) groups excluding carboxylic acids is 1. The first-order valence-electron chi connectivity index (χ1n) is 5.25. The summed E-state index contributed by atoms with van der Waals surface area (Å²) in [4.78, 5) is 13.6. The molecule has 0 bridgehead atoms. The van der Waals surface area contributed by atoms with Gasteiger partial charge < -0.3 is 15.8 Å². The fourth-order valence-corrected chi connectivity index (χ4v) is 1.69. The Morgan fingerprint density at radius 1 is 1.41 bits per heavy atom. The van der Waals surface area contributed by atoms with Gasteiger partial charge in [0.1, 0.15) is 0 Å². The molecule has 3 N–H and O–H groups in total. The summed E-state index contributed by atoms with van der Waals surface area (Å²) in [5.41, 5.74) is 7.88. The van der Waals surface area contributed by atoms with Crippen molar-refractivity contribution in [3.63, 3.8) is 0 Å². The number of amidine groups is 1. The number of carbonyl (C=O) groups is 1. The highest BCUT2D eigenvalue weighted by Gasteiger charge is 2.16. The van der Waals surface area contributed by atoms with Crippen molar-refractivity contribution in [1.29, 1.82) is 0 Å². The molecule has 0 saturated heterocycles. The molecule has 0 radical (unpaired) electrons. The lowest BCUT2D eigenvalue weighted by atomic mass is 10.0. The van der Waals surface area contributed by atoms with Gasteiger partial charge in [0, 0.05) is 12.6 Å². The lowest BCUT2D eigenvalue weighted by Gasteiger charge is -2.18. The van der Waals surface area contributed by atoms with E-state index in [9.17, 15) is 4.79 Å². The van der Waals surface area contributed by atoms with Crippen LogP contribution in [-0.4, -0.2) is 35.4 Å². The smallest absolute Gasteiger partial charge is 0.254 e. The largest absolute Gasteiger partial charge is 0.409 e. The Morgan fingerprint density at radius 2 is 1.94 bits per heavy atom. The Bertz CT molecular complexity index is 435. The van der Waals surface area contributed by atoms with Crippen molar-refractivity contribution in [3.05, 3.63) is 34.9 Å². The topological polar surface area (TPSA) is 78.9 Å². The molecule has 17 heavy (non-hydrogen) atoms. The molecule has 0 unspecified atom stereocenters. The zero-order chi connectivity index (χ0) is 13.0.